The van der Waals surface area contributed by atoms with Gasteiger partial charge in [0.2, 0.25) is 0 Å². The molecule has 0 aliphatic heterocycles. The maximum absolute atomic E-state index is 11.5. The third-order valence-corrected chi connectivity index (χ3v) is 4.15. The summed E-state index contributed by atoms with van der Waals surface area (Å²) in [5, 5.41) is 21.7. The van der Waals surface area contributed by atoms with Crippen LogP contribution in [0.15, 0.2) is 42.5 Å². The number of aliphatic hydroxyl groups excluding tert-OH is 1. The first-order valence-electron chi connectivity index (χ1n) is 7.48. The Morgan fingerprint density at radius 3 is 2.62 bits per heavy atom. The van der Waals surface area contributed by atoms with Gasteiger partial charge in [0.1, 0.15) is 6.61 Å². The van der Waals surface area contributed by atoms with Crippen LogP contribution in [0.1, 0.15) is 29.2 Å². The van der Waals surface area contributed by atoms with E-state index in [0.29, 0.717) is 24.0 Å². The Morgan fingerprint density at radius 2 is 1.96 bits per heavy atom. The van der Waals surface area contributed by atoms with Crippen molar-refractivity contribution < 1.29 is 14.8 Å². The summed E-state index contributed by atoms with van der Waals surface area (Å²) in [4.78, 5) is 11.1. The molecule has 7 heteroatoms. The third-order valence-electron chi connectivity index (χ3n) is 4.15. The lowest BCUT2D eigenvalue weighted by Crippen LogP contribution is -2.33. The molecule has 1 aliphatic rings. The number of benzene rings is 2. The third kappa shape index (κ3) is 3.51. The van der Waals surface area contributed by atoms with Crippen molar-refractivity contribution in [2.45, 2.75) is 31.6 Å². The minimum absolute atomic E-state index is 0. The fourth-order valence-corrected chi connectivity index (χ4v) is 2.92. The molecule has 0 saturated heterocycles. The molecule has 0 spiro atoms. The van der Waals surface area contributed by atoms with Gasteiger partial charge in [0.15, 0.2) is 5.75 Å². The van der Waals surface area contributed by atoms with Crippen molar-refractivity contribution in [3.8, 4) is 5.75 Å². The molecule has 24 heavy (non-hydrogen) atoms. The lowest BCUT2D eigenvalue weighted by Gasteiger charge is -2.27. The van der Waals surface area contributed by atoms with E-state index in [4.69, 9.17) is 10.5 Å². The number of halogens is 1. The first-order valence-corrected chi connectivity index (χ1v) is 7.48. The molecule has 128 valence electrons. The molecule has 0 heterocycles. The molecule has 2 aromatic carbocycles. The number of hydrogen-bond acceptors (Lipinski definition) is 5. The van der Waals surface area contributed by atoms with Crippen molar-refractivity contribution in [1.29, 1.82) is 0 Å². The lowest BCUT2D eigenvalue weighted by atomic mass is 9.85. The lowest BCUT2D eigenvalue weighted by molar-refractivity contribution is -0.386. The van der Waals surface area contributed by atoms with Crippen molar-refractivity contribution in [3.63, 3.8) is 0 Å². The number of fused-ring (bicyclic) bond motifs is 1. The van der Waals surface area contributed by atoms with E-state index in [9.17, 15) is 15.2 Å². The highest BCUT2D eigenvalue weighted by molar-refractivity contribution is 5.85. The summed E-state index contributed by atoms with van der Waals surface area (Å²) in [5.74, 6) is 0.222. The van der Waals surface area contributed by atoms with Crippen LogP contribution in [-0.4, -0.2) is 16.1 Å². The number of nitrogens with two attached hydrogens (primary N) is 1. The molecule has 6 nitrogen and oxygen atoms in total. The first-order chi connectivity index (χ1) is 11.1. The number of aliphatic hydroxyl groups is 1. The van der Waals surface area contributed by atoms with E-state index < -0.39 is 17.1 Å². The zero-order valence-corrected chi connectivity index (χ0v) is 13.7. The molecular weight excluding hydrogens is 332 g/mol. The molecule has 0 fully saturated rings. The molecule has 2 aromatic rings. The number of nitro benzene ring substituents is 1. The predicted molar refractivity (Wildman–Crippen MR) is 92.4 cm³/mol. The van der Waals surface area contributed by atoms with E-state index in [1.807, 2.05) is 30.3 Å². The van der Waals surface area contributed by atoms with E-state index in [1.165, 1.54) is 0 Å². The molecule has 3 N–H and O–H groups in total. The van der Waals surface area contributed by atoms with E-state index in [1.54, 1.807) is 12.1 Å². The Hall–Kier alpha value is -2.15. The molecule has 0 saturated carbocycles. The molecule has 0 radical (unpaired) electrons. The van der Waals surface area contributed by atoms with Gasteiger partial charge in [0, 0.05) is 11.6 Å². The second kappa shape index (κ2) is 7.61. The van der Waals surface area contributed by atoms with Gasteiger partial charge in [-0.3, -0.25) is 10.1 Å². The summed E-state index contributed by atoms with van der Waals surface area (Å²) in [6, 6.07) is 12.3. The van der Waals surface area contributed by atoms with Gasteiger partial charge in [-0.2, -0.15) is 0 Å². The number of hydrogen-bond donors (Lipinski definition) is 2. The van der Waals surface area contributed by atoms with Gasteiger partial charge in [-0.25, -0.2) is 0 Å². The van der Waals surface area contributed by atoms with E-state index in [-0.39, 0.29) is 30.5 Å². The van der Waals surface area contributed by atoms with Crippen LogP contribution in [0.4, 0.5) is 5.69 Å². The Morgan fingerprint density at radius 1 is 1.25 bits per heavy atom. The molecule has 0 aromatic heterocycles. The van der Waals surface area contributed by atoms with Gasteiger partial charge in [-0.05, 0) is 30.0 Å². The molecule has 2 unspecified atom stereocenters. The number of nitrogens with zero attached hydrogens (tertiary/aromatic N) is 1. The molecule has 3 rings (SSSR count). The van der Waals surface area contributed by atoms with Crippen LogP contribution in [0.3, 0.4) is 0 Å². The normalized spacial score (nSPS) is 19.1. The molecule has 0 amide bonds. The summed E-state index contributed by atoms with van der Waals surface area (Å²) in [6.07, 6.45) is 0.101. The van der Waals surface area contributed by atoms with Crippen LogP contribution < -0.4 is 10.5 Å². The Bertz CT molecular complexity index is 724. The minimum Gasteiger partial charge on any atom is -0.482 e. The SMILES string of the molecule is Cl.NC1CCc2c(ccc(OCc3ccccc3)c2[N+](=O)[O-])C1O. The fraction of sp³-hybridized carbons (Fsp3) is 0.294. The Kier molecular flexibility index (Phi) is 5.77. The highest BCUT2D eigenvalue weighted by Gasteiger charge is 2.33. The van der Waals surface area contributed by atoms with Gasteiger partial charge in [-0.1, -0.05) is 36.4 Å². The minimum atomic E-state index is -0.874. The second-order valence-corrected chi connectivity index (χ2v) is 5.66. The maximum atomic E-state index is 11.5. The van der Waals surface area contributed by atoms with Gasteiger partial charge >= 0.3 is 5.69 Å². The predicted octanol–water partition coefficient (Wildman–Crippen LogP) is 2.90. The molecule has 2 atom stereocenters. The molecular formula is C17H19ClN2O4. The zero-order valence-electron chi connectivity index (χ0n) is 12.9. The maximum Gasteiger partial charge on any atom is 0.314 e. The zero-order chi connectivity index (χ0) is 16.4. The van der Waals surface area contributed by atoms with Crippen molar-refractivity contribution in [2.24, 2.45) is 5.73 Å². The summed E-state index contributed by atoms with van der Waals surface area (Å²) in [5.41, 5.74) is 7.76. The Labute approximate surface area is 145 Å². The highest BCUT2D eigenvalue weighted by atomic mass is 35.5. The summed E-state index contributed by atoms with van der Waals surface area (Å²) >= 11 is 0. The smallest absolute Gasteiger partial charge is 0.314 e. The topological polar surface area (TPSA) is 98.6 Å². The summed E-state index contributed by atoms with van der Waals surface area (Å²) < 4.78 is 5.66. The molecule has 0 bridgehead atoms. The fourth-order valence-electron chi connectivity index (χ4n) is 2.92. The van der Waals surface area contributed by atoms with Crippen molar-refractivity contribution in [2.75, 3.05) is 0 Å². The number of rotatable bonds is 4. The van der Waals surface area contributed by atoms with E-state index in [0.717, 1.165) is 5.56 Å². The van der Waals surface area contributed by atoms with Gasteiger partial charge in [0.05, 0.1) is 11.0 Å². The summed E-state index contributed by atoms with van der Waals surface area (Å²) in [7, 11) is 0. The Balaban J connectivity index is 0.00000208. The number of ether oxygens (including phenoxy) is 1. The highest BCUT2D eigenvalue weighted by Crippen LogP contribution is 2.40. The van der Waals surface area contributed by atoms with Crippen LogP contribution in [0.2, 0.25) is 0 Å². The van der Waals surface area contributed by atoms with Crippen LogP contribution in [-0.2, 0) is 13.0 Å². The standard InChI is InChI=1S/C17H18N2O4.ClH/c18-14-8-6-12-13(17(14)20)7-9-15(16(12)19(21)22)23-10-11-4-2-1-3-5-11;/h1-5,7,9,14,17,20H,6,8,10,18H2;1H. The number of nitro groups is 1. The van der Waals surface area contributed by atoms with E-state index in [2.05, 4.69) is 0 Å². The first kappa shape index (κ1) is 18.2. The van der Waals surface area contributed by atoms with Crippen LogP contribution >= 0.6 is 12.4 Å². The largest absolute Gasteiger partial charge is 0.482 e. The van der Waals surface area contributed by atoms with Crippen LogP contribution in [0.5, 0.6) is 5.75 Å². The van der Waals surface area contributed by atoms with Gasteiger partial charge in [-0.15, -0.1) is 12.4 Å². The average molecular weight is 351 g/mol. The van der Waals surface area contributed by atoms with Gasteiger partial charge < -0.3 is 15.6 Å². The molecule has 1 aliphatic carbocycles. The summed E-state index contributed by atoms with van der Waals surface area (Å²) in [6.45, 7) is 0.253. The van der Waals surface area contributed by atoms with Crippen molar-refractivity contribution in [3.05, 3.63) is 69.3 Å². The monoisotopic (exact) mass is 350 g/mol. The van der Waals surface area contributed by atoms with Gasteiger partial charge in [0.25, 0.3) is 0 Å². The van der Waals surface area contributed by atoms with E-state index >= 15 is 0 Å². The average Bonchev–Trinajstić information content (AvgIpc) is 2.56. The van der Waals surface area contributed by atoms with Crippen molar-refractivity contribution in [1.82, 2.24) is 0 Å². The van der Waals surface area contributed by atoms with Crippen molar-refractivity contribution >= 4 is 18.1 Å². The van der Waals surface area contributed by atoms with Crippen LogP contribution in [0, 0.1) is 10.1 Å². The quantitative estimate of drug-likeness (QED) is 0.652. The second-order valence-electron chi connectivity index (χ2n) is 5.66. The van der Waals surface area contributed by atoms with Crippen LogP contribution in [0.25, 0.3) is 0 Å².